The Labute approximate surface area is 244 Å². The van der Waals surface area contributed by atoms with E-state index in [0.717, 1.165) is 44.1 Å². The number of nitrogens with zero attached hydrogens (tertiary/aromatic N) is 1. The molecular weight excluding hydrogens is 522 g/mol. The van der Waals surface area contributed by atoms with E-state index in [9.17, 15) is 19.5 Å². The summed E-state index contributed by atoms with van der Waals surface area (Å²) in [6.07, 6.45) is 4.93. The summed E-state index contributed by atoms with van der Waals surface area (Å²) < 4.78 is -0.608. The van der Waals surface area contributed by atoms with Crippen LogP contribution in [0, 0.1) is 23.2 Å². The van der Waals surface area contributed by atoms with E-state index in [1.165, 1.54) is 0 Å². The van der Waals surface area contributed by atoms with E-state index >= 15 is 0 Å². The van der Waals surface area contributed by atoms with E-state index in [4.69, 9.17) is 0 Å². The number of rotatable bonds is 12. The number of fused-ring (bicyclic) bond motifs is 1. The van der Waals surface area contributed by atoms with E-state index in [-0.39, 0.29) is 40.9 Å². The van der Waals surface area contributed by atoms with Crippen molar-refractivity contribution in [1.82, 2.24) is 15.5 Å². The number of thioether (sulfide) groups is 1. The summed E-state index contributed by atoms with van der Waals surface area (Å²) >= 11 is 1.73. The summed E-state index contributed by atoms with van der Waals surface area (Å²) in [4.78, 5) is 44.0. The molecule has 4 rings (SSSR count). The average Bonchev–Trinajstić information content (AvgIpc) is 3.45. The molecule has 0 radical (unpaired) electrons. The van der Waals surface area contributed by atoms with Crippen molar-refractivity contribution in [3.8, 4) is 0 Å². The minimum Gasteiger partial charge on any atom is -0.396 e. The van der Waals surface area contributed by atoms with Gasteiger partial charge in [-0.25, -0.2) is 0 Å². The van der Waals surface area contributed by atoms with Gasteiger partial charge in [-0.3, -0.25) is 14.4 Å². The molecule has 1 spiro atoms. The molecule has 3 N–H and O–H groups in total. The molecule has 222 valence electrons. The second-order valence-electron chi connectivity index (χ2n) is 14.0. The molecule has 0 aromatic heterocycles. The first kappa shape index (κ1) is 30.9. The molecule has 40 heavy (non-hydrogen) atoms. The number of aliphatic hydroxyl groups is 1. The quantitative estimate of drug-likeness (QED) is 0.321. The van der Waals surface area contributed by atoms with Gasteiger partial charge in [0, 0.05) is 30.5 Å². The highest BCUT2D eigenvalue weighted by atomic mass is 32.2. The Balaban J connectivity index is 1.61. The van der Waals surface area contributed by atoms with Crippen LogP contribution in [0.5, 0.6) is 0 Å². The summed E-state index contributed by atoms with van der Waals surface area (Å²) in [6, 6.07) is 9.23. The van der Waals surface area contributed by atoms with Crippen molar-refractivity contribution in [2.24, 2.45) is 23.2 Å². The van der Waals surface area contributed by atoms with Crippen LogP contribution >= 0.6 is 11.8 Å². The first-order valence-corrected chi connectivity index (χ1v) is 15.9. The third-order valence-electron chi connectivity index (χ3n) is 8.85. The Morgan fingerprint density at radius 3 is 2.38 bits per heavy atom. The summed E-state index contributed by atoms with van der Waals surface area (Å²) in [5.41, 5.74) is 0.623. The summed E-state index contributed by atoms with van der Waals surface area (Å²) in [6.45, 7) is 13.9. The Morgan fingerprint density at radius 2 is 1.73 bits per heavy atom. The van der Waals surface area contributed by atoms with Crippen LogP contribution in [0.25, 0.3) is 0 Å². The molecule has 8 heteroatoms. The molecule has 3 unspecified atom stereocenters. The number of benzene rings is 1. The van der Waals surface area contributed by atoms with Gasteiger partial charge in [0.15, 0.2) is 0 Å². The average molecular weight is 572 g/mol. The van der Waals surface area contributed by atoms with Gasteiger partial charge in [0.05, 0.1) is 16.6 Å². The maximum absolute atomic E-state index is 14.2. The molecule has 0 saturated carbocycles. The van der Waals surface area contributed by atoms with Gasteiger partial charge < -0.3 is 20.6 Å². The van der Waals surface area contributed by atoms with Crippen LogP contribution in [0.2, 0.25) is 0 Å². The number of hydrogen-bond acceptors (Lipinski definition) is 5. The van der Waals surface area contributed by atoms with Crippen molar-refractivity contribution in [3.63, 3.8) is 0 Å². The fourth-order valence-electron chi connectivity index (χ4n) is 7.78. The molecular formula is C32H49N3O4S. The Morgan fingerprint density at radius 1 is 1.05 bits per heavy atom. The number of hydrogen-bond donors (Lipinski definition) is 3. The van der Waals surface area contributed by atoms with Gasteiger partial charge in [-0.05, 0) is 56.4 Å². The van der Waals surface area contributed by atoms with Gasteiger partial charge >= 0.3 is 0 Å². The van der Waals surface area contributed by atoms with Crippen molar-refractivity contribution < 1.29 is 19.5 Å². The summed E-state index contributed by atoms with van der Waals surface area (Å²) in [5.74, 6) is -1.00. The number of unbranched alkanes of at least 4 members (excludes halogenated alkanes) is 3. The lowest BCUT2D eigenvalue weighted by atomic mass is 9.65. The minimum atomic E-state index is -0.608. The molecule has 6 atom stereocenters. The lowest BCUT2D eigenvalue weighted by Gasteiger charge is -2.41. The van der Waals surface area contributed by atoms with E-state index in [2.05, 4.69) is 52.2 Å². The van der Waals surface area contributed by atoms with Crippen LogP contribution < -0.4 is 10.6 Å². The summed E-state index contributed by atoms with van der Waals surface area (Å²) in [5, 5.41) is 15.7. The van der Waals surface area contributed by atoms with Crippen molar-refractivity contribution >= 4 is 29.5 Å². The molecule has 3 amide bonds. The maximum Gasteiger partial charge on any atom is 0.244 e. The number of likely N-dealkylation sites (tertiary alicyclic amines) is 1. The molecule has 3 saturated heterocycles. The molecule has 3 fully saturated rings. The molecule has 3 aliphatic rings. The molecule has 7 nitrogen and oxygen atoms in total. The second kappa shape index (κ2) is 12.0. The highest BCUT2D eigenvalue weighted by Gasteiger charge is 2.75. The number of aliphatic hydroxyl groups excluding tert-OH is 1. The fourth-order valence-corrected chi connectivity index (χ4v) is 10.2. The predicted octanol–water partition coefficient (Wildman–Crippen LogP) is 4.52. The topological polar surface area (TPSA) is 98.7 Å². The zero-order valence-electron chi connectivity index (χ0n) is 25.2. The van der Waals surface area contributed by atoms with Gasteiger partial charge in [-0.15, -0.1) is 11.8 Å². The van der Waals surface area contributed by atoms with E-state index in [1.54, 1.807) is 11.8 Å². The van der Waals surface area contributed by atoms with Crippen LogP contribution in [0.3, 0.4) is 0 Å². The van der Waals surface area contributed by atoms with Gasteiger partial charge in [-0.1, -0.05) is 70.9 Å². The van der Waals surface area contributed by atoms with Gasteiger partial charge in [0.25, 0.3) is 0 Å². The third kappa shape index (κ3) is 6.23. The van der Waals surface area contributed by atoms with Crippen LogP contribution in [-0.2, 0) is 20.9 Å². The molecule has 1 aromatic rings. The number of carbonyl (C=O) groups is 3. The maximum atomic E-state index is 14.2. The molecule has 0 aliphatic carbocycles. The zero-order chi connectivity index (χ0) is 29.3. The fraction of sp³-hybridized carbons (Fsp3) is 0.719. The Hall–Kier alpha value is -2.06. The molecule has 2 bridgehead atoms. The number of carbonyl (C=O) groups excluding carboxylic acids is 3. The Bertz CT molecular complexity index is 1070. The van der Waals surface area contributed by atoms with Gasteiger partial charge in [-0.2, -0.15) is 0 Å². The van der Waals surface area contributed by atoms with Gasteiger partial charge in [0.1, 0.15) is 6.04 Å². The SMILES string of the molecule is CC1C[C@@H]2SC13C(C(=O)NC(C)(C)CC(C)(C)C)N(CCCCCCO)C(=O)[C@@H]3[C@@H]2C(=O)NCc1ccccc1. The van der Waals surface area contributed by atoms with E-state index < -0.39 is 28.2 Å². The smallest absolute Gasteiger partial charge is 0.244 e. The monoisotopic (exact) mass is 571 g/mol. The van der Waals surface area contributed by atoms with Crippen molar-refractivity contribution in [2.75, 3.05) is 13.2 Å². The normalized spacial score (nSPS) is 29.5. The highest BCUT2D eigenvalue weighted by molar-refractivity contribution is 8.02. The van der Waals surface area contributed by atoms with E-state index in [0.29, 0.717) is 13.1 Å². The molecule has 3 aliphatic heterocycles. The van der Waals surface area contributed by atoms with Crippen LogP contribution in [0.1, 0.15) is 85.6 Å². The standard InChI is InChI=1S/C32H49N3O4S/c1-21-18-23-24(27(37)33-19-22-14-10-9-11-15-22)25-29(39)35(16-12-7-8-13-17-36)26(32(21,25)40-23)28(38)34-31(5,6)20-30(2,3)4/h9-11,14-15,21,23-26,36H,7-8,12-13,16-20H2,1-6H3,(H,33,37)(H,34,38)/t21?,23-,24+,25-,26?,32?/m0/s1. The zero-order valence-corrected chi connectivity index (χ0v) is 26.0. The predicted molar refractivity (Wildman–Crippen MR) is 161 cm³/mol. The van der Waals surface area contributed by atoms with Crippen LogP contribution in [0.4, 0.5) is 0 Å². The highest BCUT2D eigenvalue weighted by Crippen LogP contribution is 2.68. The van der Waals surface area contributed by atoms with Crippen molar-refractivity contribution in [3.05, 3.63) is 35.9 Å². The number of nitrogens with one attached hydrogen (secondary N) is 2. The van der Waals surface area contributed by atoms with Crippen molar-refractivity contribution in [2.45, 2.75) is 108 Å². The summed E-state index contributed by atoms with van der Waals surface area (Å²) in [7, 11) is 0. The lowest BCUT2D eigenvalue weighted by molar-refractivity contribution is -0.140. The lowest BCUT2D eigenvalue weighted by Crippen LogP contribution is -2.60. The molecule has 3 heterocycles. The first-order valence-electron chi connectivity index (χ1n) is 15.0. The minimum absolute atomic E-state index is 0.0318. The first-order chi connectivity index (χ1) is 18.8. The van der Waals surface area contributed by atoms with Crippen molar-refractivity contribution in [1.29, 1.82) is 0 Å². The largest absolute Gasteiger partial charge is 0.396 e. The molecule has 1 aromatic carbocycles. The number of amides is 3. The second-order valence-corrected chi connectivity index (χ2v) is 15.6. The Kier molecular flexibility index (Phi) is 9.30. The van der Waals surface area contributed by atoms with Gasteiger partial charge in [0.2, 0.25) is 17.7 Å². The van der Waals surface area contributed by atoms with Crippen LogP contribution in [-0.4, -0.2) is 62.5 Å². The van der Waals surface area contributed by atoms with Crippen LogP contribution in [0.15, 0.2) is 30.3 Å². The van der Waals surface area contributed by atoms with E-state index in [1.807, 2.05) is 35.2 Å². The third-order valence-corrected chi connectivity index (χ3v) is 10.9.